The van der Waals surface area contributed by atoms with Crippen molar-refractivity contribution in [3.8, 4) is 0 Å². The standard InChI is InChI=1S/C27H53IO4Si2/c1-21(20-31-33(10,11)26(3,4)5)15-14-16-23(25(29)30-9)17-18-24(22(2)19-28)32-34(12,13)27(6,7)8/h17,19,21,24H,14-16,18,20H2,1-13H3/b22-19+,23-17+/t21-,24-/m0/s1. The summed E-state index contributed by atoms with van der Waals surface area (Å²) >= 11 is 2.28. The zero-order valence-electron chi connectivity index (χ0n) is 24.4. The quantitative estimate of drug-likeness (QED) is 0.0888. The number of carbonyl (C=O) groups is 1. The molecule has 0 rings (SSSR count). The SMILES string of the molecule is COC(=O)/C(=C/C[C@H](O[Si](C)(C)C(C)(C)C)/C(C)=C/I)CCC[C@H](C)CO[Si](C)(C)C(C)(C)C. The lowest BCUT2D eigenvalue weighted by Crippen LogP contribution is -2.44. The average molecular weight is 625 g/mol. The first-order valence-electron chi connectivity index (χ1n) is 12.6. The van der Waals surface area contributed by atoms with E-state index in [1.807, 2.05) is 6.08 Å². The third kappa shape index (κ3) is 11.4. The summed E-state index contributed by atoms with van der Waals surface area (Å²) in [5, 5.41) is 0.357. The van der Waals surface area contributed by atoms with Crippen LogP contribution in [0.15, 0.2) is 21.3 Å². The number of rotatable bonds is 13. The van der Waals surface area contributed by atoms with Gasteiger partial charge in [0.15, 0.2) is 16.6 Å². The highest BCUT2D eigenvalue weighted by Gasteiger charge is 2.39. The minimum atomic E-state index is -1.93. The monoisotopic (exact) mass is 624 g/mol. The van der Waals surface area contributed by atoms with E-state index in [-0.39, 0.29) is 22.1 Å². The van der Waals surface area contributed by atoms with Gasteiger partial charge in [0, 0.05) is 12.2 Å². The predicted molar refractivity (Wildman–Crippen MR) is 161 cm³/mol. The highest BCUT2D eigenvalue weighted by Crippen LogP contribution is 2.39. The van der Waals surface area contributed by atoms with Gasteiger partial charge < -0.3 is 13.6 Å². The van der Waals surface area contributed by atoms with E-state index in [4.69, 9.17) is 13.6 Å². The molecule has 0 aliphatic rings. The maximum atomic E-state index is 12.5. The van der Waals surface area contributed by atoms with Crippen LogP contribution in [0.3, 0.4) is 0 Å². The molecule has 0 spiro atoms. The van der Waals surface area contributed by atoms with Crippen molar-refractivity contribution in [1.29, 1.82) is 0 Å². The Kier molecular flexibility index (Phi) is 14.1. The van der Waals surface area contributed by atoms with Crippen LogP contribution in [0.4, 0.5) is 0 Å². The van der Waals surface area contributed by atoms with Crippen LogP contribution in [0.5, 0.6) is 0 Å². The number of carbonyl (C=O) groups excluding carboxylic acids is 1. The Labute approximate surface area is 227 Å². The molecule has 7 heteroatoms. The average Bonchev–Trinajstić information content (AvgIpc) is 2.70. The molecule has 0 aliphatic carbocycles. The molecule has 0 unspecified atom stereocenters. The Bertz CT molecular complexity index is 700. The van der Waals surface area contributed by atoms with Gasteiger partial charge in [-0.05, 0) is 84.4 Å². The lowest BCUT2D eigenvalue weighted by atomic mass is 10.00. The van der Waals surface area contributed by atoms with Crippen molar-refractivity contribution in [2.75, 3.05) is 13.7 Å². The Morgan fingerprint density at radius 1 is 1.00 bits per heavy atom. The molecule has 34 heavy (non-hydrogen) atoms. The van der Waals surface area contributed by atoms with Crippen LogP contribution in [0.1, 0.15) is 81.1 Å². The number of hydrogen-bond donors (Lipinski definition) is 0. The molecule has 200 valence electrons. The molecule has 0 amide bonds. The second kappa shape index (κ2) is 14.1. The number of esters is 1. The molecule has 4 nitrogen and oxygen atoms in total. The topological polar surface area (TPSA) is 44.8 Å². The smallest absolute Gasteiger partial charge is 0.333 e. The highest BCUT2D eigenvalue weighted by molar-refractivity contribution is 14.1. The molecule has 0 saturated heterocycles. The van der Waals surface area contributed by atoms with Crippen molar-refractivity contribution >= 4 is 45.2 Å². The van der Waals surface area contributed by atoms with Gasteiger partial charge in [0.25, 0.3) is 0 Å². The van der Waals surface area contributed by atoms with Gasteiger partial charge >= 0.3 is 5.97 Å². The molecule has 0 aromatic heterocycles. The summed E-state index contributed by atoms with van der Waals surface area (Å²) in [7, 11) is -2.20. The first-order valence-corrected chi connectivity index (χ1v) is 19.7. The van der Waals surface area contributed by atoms with Crippen molar-refractivity contribution in [2.45, 2.75) is 123 Å². The van der Waals surface area contributed by atoms with Gasteiger partial charge in [0.05, 0.1) is 13.2 Å². The molecule has 0 radical (unpaired) electrons. The third-order valence-electron chi connectivity index (χ3n) is 7.63. The van der Waals surface area contributed by atoms with Crippen LogP contribution in [0, 0.1) is 5.92 Å². The highest BCUT2D eigenvalue weighted by atomic mass is 127. The van der Waals surface area contributed by atoms with Gasteiger partial charge in [-0.3, -0.25) is 0 Å². The molecule has 0 aliphatic heterocycles. The molecular formula is C27H53IO4Si2. The van der Waals surface area contributed by atoms with Crippen LogP contribution in [0.2, 0.25) is 36.3 Å². The summed E-state index contributed by atoms with van der Waals surface area (Å²) in [4.78, 5) is 12.5. The normalized spacial score (nSPS) is 16.4. The third-order valence-corrected chi connectivity index (χ3v) is 17.6. The summed E-state index contributed by atoms with van der Waals surface area (Å²) in [5.74, 6) is 0.235. The Balaban J connectivity index is 5.20. The largest absolute Gasteiger partial charge is 0.466 e. The molecule has 0 bridgehead atoms. The molecule has 2 atom stereocenters. The van der Waals surface area contributed by atoms with E-state index in [1.54, 1.807) is 0 Å². The second-order valence-corrected chi connectivity index (χ2v) is 22.9. The van der Waals surface area contributed by atoms with Gasteiger partial charge in [-0.2, -0.15) is 0 Å². The molecule has 0 fully saturated rings. The van der Waals surface area contributed by atoms with Crippen LogP contribution < -0.4 is 0 Å². The molecular weight excluding hydrogens is 571 g/mol. The Hall–Kier alpha value is 0.0338. The lowest BCUT2D eigenvalue weighted by molar-refractivity contribution is -0.136. The van der Waals surface area contributed by atoms with Gasteiger partial charge in [-0.15, -0.1) is 0 Å². The number of methoxy groups -OCH3 is 1. The fraction of sp³-hybridized carbons (Fsp3) is 0.815. The molecule has 0 aromatic carbocycles. The fourth-order valence-electron chi connectivity index (χ4n) is 2.89. The first-order chi connectivity index (χ1) is 15.3. The van der Waals surface area contributed by atoms with Crippen LogP contribution in [-0.4, -0.2) is 42.4 Å². The summed E-state index contributed by atoms with van der Waals surface area (Å²) in [6, 6.07) is 0. The van der Waals surface area contributed by atoms with E-state index < -0.39 is 16.6 Å². The minimum Gasteiger partial charge on any atom is -0.466 e. The van der Waals surface area contributed by atoms with E-state index in [9.17, 15) is 4.79 Å². The first kappa shape index (κ1) is 34.0. The summed E-state index contributed by atoms with van der Waals surface area (Å²) in [6.07, 6.45) is 5.40. The lowest BCUT2D eigenvalue weighted by Gasteiger charge is -2.39. The van der Waals surface area contributed by atoms with Crippen molar-refractivity contribution in [3.05, 3.63) is 21.3 Å². The maximum Gasteiger partial charge on any atom is 0.333 e. The molecule has 0 saturated carbocycles. The van der Waals surface area contributed by atoms with Gasteiger partial charge in [0.1, 0.15) is 0 Å². The summed E-state index contributed by atoms with van der Waals surface area (Å²) in [6.45, 7) is 27.9. The van der Waals surface area contributed by atoms with Crippen LogP contribution >= 0.6 is 22.6 Å². The van der Waals surface area contributed by atoms with Crippen molar-refractivity contribution in [2.24, 2.45) is 5.92 Å². The van der Waals surface area contributed by atoms with Crippen LogP contribution in [0.25, 0.3) is 0 Å². The Morgan fingerprint density at radius 3 is 1.97 bits per heavy atom. The zero-order valence-corrected chi connectivity index (χ0v) is 28.5. The minimum absolute atomic E-state index is 0.0191. The number of halogens is 1. The van der Waals surface area contributed by atoms with E-state index >= 15 is 0 Å². The van der Waals surface area contributed by atoms with Gasteiger partial charge in [0.2, 0.25) is 0 Å². The molecule has 0 N–H and O–H groups in total. The second-order valence-electron chi connectivity index (χ2n) is 12.7. The fourth-order valence-corrected chi connectivity index (χ4v) is 5.77. The zero-order chi connectivity index (χ0) is 27.0. The van der Waals surface area contributed by atoms with Crippen molar-refractivity contribution in [1.82, 2.24) is 0 Å². The summed E-state index contributed by atoms with van der Waals surface area (Å²) in [5.41, 5.74) is 1.95. The number of hydrogen-bond acceptors (Lipinski definition) is 4. The van der Waals surface area contributed by atoms with E-state index in [0.29, 0.717) is 12.3 Å². The van der Waals surface area contributed by atoms with E-state index in [0.717, 1.165) is 31.4 Å². The number of ether oxygens (including phenoxy) is 1. The maximum absolute atomic E-state index is 12.5. The predicted octanol–water partition coefficient (Wildman–Crippen LogP) is 9.03. The molecule has 0 heterocycles. The summed E-state index contributed by atoms with van der Waals surface area (Å²) < 4.78 is 20.3. The van der Waals surface area contributed by atoms with Crippen molar-refractivity contribution < 1.29 is 18.4 Å². The van der Waals surface area contributed by atoms with Crippen LogP contribution in [-0.2, 0) is 18.4 Å². The van der Waals surface area contributed by atoms with Gasteiger partial charge in [-0.1, -0.05) is 77.1 Å². The van der Waals surface area contributed by atoms with Gasteiger partial charge in [-0.25, -0.2) is 4.79 Å². The Morgan fingerprint density at radius 2 is 1.53 bits per heavy atom. The molecule has 0 aromatic rings. The van der Waals surface area contributed by atoms with E-state index in [2.05, 4.69) is 108 Å². The van der Waals surface area contributed by atoms with E-state index in [1.165, 1.54) is 12.7 Å². The van der Waals surface area contributed by atoms with Crippen molar-refractivity contribution in [3.63, 3.8) is 0 Å².